The molecule has 1 heterocycles. The summed E-state index contributed by atoms with van der Waals surface area (Å²) in [4.78, 5) is 1.44. The molecule has 1 unspecified atom stereocenters. The topological polar surface area (TPSA) is 12.5 Å². The van der Waals surface area contributed by atoms with Gasteiger partial charge in [-0.3, -0.25) is 0 Å². The van der Waals surface area contributed by atoms with Crippen LogP contribution in [0.15, 0.2) is 54.7 Å². The second kappa shape index (κ2) is 6.74. The lowest BCUT2D eigenvalue weighted by atomic mass is 10.1. The lowest BCUT2D eigenvalue weighted by molar-refractivity contribution is -0.137. The summed E-state index contributed by atoms with van der Waals surface area (Å²) in [6, 6.07) is 7.64. The van der Waals surface area contributed by atoms with Crippen LogP contribution in [0.5, 0.6) is 5.75 Å². The van der Waals surface area contributed by atoms with Crippen LogP contribution < -0.4 is 9.64 Å². The maximum atomic E-state index is 14.0. The second-order valence-corrected chi connectivity index (χ2v) is 5.56. The molecule has 2 nitrogen and oxygen atoms in total. The highest BCUT2D eigenvalue weighted by Gasteiger charge is 2.31. The van der Waals surface area contributed by atoms with Crippen LogP contribution in [-0.2, 0) is 6.18 Å². The fourth-order valence-corrected chi connectivity index (χ4v) is 2.61. The number of rotatable bonds is 3. The summed E-state index contributed by atoms with van der Waals surface area (Å²) in [5.74, 6) is -1.45. The molecule has 3 rings (SSSR count). The number of ether oxygens (including phenoxy) is 1. The molecule has 0 saturated heterocycles. The first-order chi connectivity index (χ1) is 11.8. The van der Waals surface area contributed by atoms with Crippen LogP contribution in [0.1, 0.15) is 18.4 Å². The molecule has 0 N–H and O–H groups in total. The van der Waals surface area contributed by atoms with E-state index in [0.29, 0.717) is 12.8 Å². The van der Waals surface area contributed by atoms with Crippen LogP contribution in [0.4, 0.5) is 27.6 Å². The van der Waals surface area contributed by atoms with E-state index in [9.17, 15) is 22.0 Å². The zero-order valence-electron chi connectivity index (χ0n) is 12.9. The van der Waals surface area contributed by atoms with Crippen molar-refractivity contribution in [1.29, 1.82) is 0 Å². The first-order valence-corrected chi connectivity index (χ1v) is 7.58. The molecule has 0 saturated carbocycles. The molecular weight excluding hydrogens is 341 g/mol. The van der Waals surface area contributed by atoms with E-state index in [4.69, 9.17) is 4.74 Å². The van der Waals surface area contributed by atoms with E-state index in [1.165, 1.54) is 23.1 Å². The smallest absolute Gasteiger partial charge is 0.416 e. The summed E-state index contributed by atoms with van der Waals surface area (Å²) < 4.78 is 71.3. The van der Waals surface area contributed by atoms with Gasteiger partial charge in [0.05, 0.1) is 11.3 Å². The Morgan fingerprint density at radius 2 is 1.84 bits per heavy atom. The molecule has 1 aliphatic heterocycles. The summed E-state index contributed by atoms with van der Waals surface area (Å²) >= 11 is 0. The predicted octanol–water partition coefficient (Wildman–Crippen LogP) is 5.50. The van der Waals surface area contributed by atoms with Gasteiger partial charge in [-0.05, 0) is 36.8 Å². The van der Waals surface area contributed by atoms with Gasteiger partial charge in [0.1, 0.15) is 17.4 Å². The zero-order valence-corrected chi connectivity index (χ0v) is 12.9. The summed E-state index contributed by atoms with van der Waals surface area (Å²) in [7, 11) is 0. The van der Waals surface area contributed by atoms with Crippen molar-refractivity contribution in [1.82, 2.24) is 0 Å². The Bertz CT molecular complexity index is 787. The second-order valence-electron chi connectivity index (χ2n) is 5.56. The molecule has 0 fully saturated rings. The van der Waals surface area contributed by atoms with Gasteiger partial charge in [0.15, 0.2) is 6.23 Å². The molecule has 0 amide bonds. The van der Waals surface area contributed by atoms with Crippen molar-refractivity contribution < 1.29 is 26.7 Å². The average molecular weight is 355 g/mol. The first-order valence-electron chi connectivity index (χ1n) is 7.58. The Morgan fingerprint density at radius 3 is 2.56 bits per heavy atom. The number of halogens is 5. The Hall–Kier alpha value is -2.57. The van der Waals surface area contributed by atoms with Crippen LogP contribution in [-0.4, -0.2) is 6.23 Å². The number of allylic oxidation sites excluding steroid dienone is 1. The number of hydrogen-bond acceptors (Lipinski definition) is 2. The van der Waals surface area contributed by atoms with E-state index in [1.54, 1.807) is 12.3 Å². The van der Waals surface area contributed by atoms with Crippen LogP contribution in [0.3, 0.4) is 0 Å². The molecule has 0 aromatic heterocycles. The van der Waals surface area contributed by atoms with E-state index in [1.807, 2.05) is 0 Å². The predicted molar refractivity (Wildman–Crippen MR) is 83.1 cm³/mol. The molecule has 7 heteroatoms. The number of hydrogen-bond donors (Lipinski definition) is 0. The largest absolute Gasteiger partial charge is 0.470 e. The third-order valence-corrected chi connectivity index (χ3v) is 3.78. The quantitative estimate of drug-likeness (QED) is 0.674. The molecule has 0 spiro atoms. The third kappa shape index (κ3) is 3.92. The Kier molecular flexibility index (Phi) is 4.65. The SMILES string of the molecule is Fc1ccc(N2C=CCCC2Oc2cccc(C(F)(F)F)c2)c(F)c1. The van der Waals surface area contributed by atoms with Gasteiger partial charge in [-0.15, -0.1) is 0 Å². The molecule has 0 bridgehead atoms. The fraction of sp³-hybridized carbons (Fsp3) is 0.222. The minimum absolute atomic E-state index is 0.0302. The van der Waals surface area contributed by atoms with Crippen LogP contribution >= 0.6 is 0 Å². The minimum Gasteiger partial charge on any atom is -0.470 e. The van der Waals surface area contributed by atoms with E-state index in [-0.39, 0.29) is 11.4 Å². The van der Waals surface area contributed by atoms with E-state index < -0.39 is 29.6 Å². The first kappa shape index (κ1) is 17.3. The fourth-order valence-electron chi connectivity index (χ4n) is 2.61. The molecule has 0 radical (unpaired) electrons. The number of benzene rings is 2. The Balaban J connectivity index is 1.87. The monoisotopic (exact) mass is 355 g/mol. The van der Waals surface area contributed by atoms with Gasteiger partial charge >= 0.3 is 6.18 Å². The molecule has 2 aromatic carbocycles. The third-order valence-electron chi connectivity index (χ3n) is 3.78. The summed E-state index contributed by atoms with van der Waals surface area (Å²) in [5.41, 5.74) is -0.731. The lowest BCUT2D eigenvalue weighted by Crippen LogP contribution is -2.38. The maximum absolute atomic E-state index is 14.0. The van der Waals surface area contributed by atoms with Crippen LogP contribution in [0.25, 0.3) is 0 Å². The number of nitrogens with zero attached hydrogens (tertiary/aromatic N) is 1. The highest BCUT2D eigenvalue weighted by Crippen LogP contribution is 2.33. The van der Waals surface area contributed by atoms with Gasteiger partial charge in [-0.2, -0.15) is 13.2 Å². The van der Waals surface area contributed by atoms with E-state index >= 15 is 0 Å². The van der Waals surface area contributed by atoms with Gasteiger partial charge in [0.25, 0.3) is 0 Å². The van der Waals surface area contributed by atoms with Crippen LogP contribution in [0.2, 0.25) is 0 Å². The van der Waals surface area contributed by atoms with Gasteiger partial charge in [0, 0.05) is 18.7 Å². The average Bonchev–Trinajstić information content (AvgIpc) is 2.55. The van der Waals surface area contributed by atoms with Crippen molar-refractivity contribution in [2.24, 2.45) is 0 Å². The van der Waals surface area contributed by atoms with Crippen molar-refractivity contribution in [3.05, 3.63) is 71.9 Å². The molecule has 1 atom stereocenters. The summed E-state index contributed by atoms with van der Waals surface area (Å²) in [5, 5.41) is 0. The van der Waals surface area contributed by atoms with Crippen molar-refractivity contribution in [3.8, 4) is 5.75 Å². The van der Waals surface area contributed by atoms with E-state index in [0.717, 1.165) is 24.3 Å². The van der Waals surface area contributed by atoms with Crippen molar-refractivity contribution in [2.45, 2.75) is 25.2 Å². The van der Waals surface area contributed by atoms with Crippen molar-refractivity contribution in [2.75, 3.05) is 4.90 Å². The van der Waals surface area contributed by atoms with Crippen molar-refractivity contribution >= 4 is 5.69 Å². The highest BCUT2D eigenvalue weighted by molar-refractivity contribution is 5.52. The van der Waals surface area contributed by atoms with E-state index in [2.05, 4.69) is 0 Å². The standard InChI is InChI=1S/C18H14F5NO/c19-13-7-8-16(15(20)11-13)24-9-2-1-6-17(24)25-14-5-3-4-12(10-14)18(21,22)23/h2-5,7-11,17H,1,6H2. The molecule has 2 aromatic rings. The summed E-state index contributed by atoms with van der Waals surface area (Å²) in [6.45, 7) is 0. The lowest BCUT2D eigenvalue weighted by Gasteiger charge is -2.33. The van der Waals surface area contributed by atoms with Gasteiger partial charge < -0.3 is 9.64 Å². The van der Waals surface area contributed by atoms with Gasteiger partial charge in [0.2, 0.25) is 0 Å². The normalized spacial score (nSPS) is 17.6. The number of alkyl halides is 3. The highest BCUT2D eigenvalue weighted by atomic mass is 19.4. The maximum Gasteiger partial charge on any atom is 0.416 e. The van der Waals surface area contributed by atoms with Crippen molar-refractivity contribution in [3.63, 3.8) is 0 Å². The van der Waals surface area contributed by atoms with Crippen LogP contribution in [0, 0.1) is 11.6 Å². The number of anilines is 1. The Morgan fingerprint density at radius 1 is 1.04 bits per heavy atom. The zero-order chi connectivity index (χ0) is 18.0. The van der Waals surface area contributed by atoms with Gasteiger partial charge in [-0.25, -0.2) is 8.78 Å². The molecule has 25 heavy (non-hydrogen) atoms. The molecule has 0 aliphatic carbocycles. The summed E-state index contributed by atoms with van der Waals surface area (Å²) in [6.07, 6.45) is -0.734. The minimum atomic E-state index is -4.48. The molecular formula is C18H14F5NO. The Labute approximate surface area is 141 Å². The molecule has 132 valence electrons. The molecule has 1 aliphatic rings. The van der Waals surface area contributed by atoms with Gasteiger partial charge in [-0.1, -0.05) is 12.1 Å².